The van der Waals surface area contributed by atoms with Gasteiger partial charge in [0.1, 0.15) is 5.25 Å². The number of amides is 1. The van der Waals surface area contributed by atoms with Crippen molar-refractivity contribution in [3.63, 3.8) is 0 Å². The predicted octanol–water partition coefficient (Wildman–Crippen LogP) is 4.94. The summed E-state index contributed by atoms with van der Waals surface area (Å²) in [6, 6.07) is 27.9. The van der Waals surface area contributed by atoms with Crippen molar-refractivity contribution in [2.45, 2.75) is 23.9 Å². The number of nitrogens with one attached hydrogen (secondary N) is 1. The molecule has 7 nitrogen and oxygen atoms in total. The Morgan fingerprint density at radius 1 is 0.944 bits per heavy atom. The fourth-order valence-electron chi connectivity index (χ4n) is 4.12. The lowest BCUT2D eigenvalue weighted by Crippen LogP contribution is -2.38. The molecule has 8 heteroatoms. The summed E-state index contributed by atoms with van der Waals surface area (Å²) in [6.45, 7) is 5.48. The van der Waals surface area contributed by atoms with Crippen LogP contribution in [-0.4, -0.2) is 47.0 Å². The van der Waals surface area contributed by atoms with Crippen molar-refractivity contribution in [1.82, 2.24) is 14.8 Å². The molecule has 1 atom stereocenters. The molecule has 0 saturated carbocycles. The Morgan fingerprint density at radius 3 is 2.31 bits per heavy atom. The molecule has 5 rings (SSSR count). The molecule has 0 bridgehead atoms. The van der Waals surface area contributed by atoms with Crippen molar-refractivity contribution >= 4 is 29.3 Å². The van der Waals surface area contributed by atoms with Gasteiger partial charge in [0.2, 0.25) is 11.9 Å². The summed E-state index contributed by atoms with van der Waals surface area (Å²) in [5, 5.41) is 12.4. The molecule has 36 heavy (non-hydrogen) atoms. The summed E-state index contributed by atoms with van der Waals surface area (Å²) >= 11 is 1.42. The highest BCUT2D eigenvalue weighted by molar-refractivity contribution is 8.00. The number of carbonyl (C=O) groups is 1. The molecule has 184 valence electrons. The van der Waals surface area contributed by atoms with Crippen LogP contribution in [0.2, 0.25) is 0 Å². The van der Waals surface area contributed by atoms with Crippen molar-refractivity contribution in [2.75, 3.05) is 36.5 Å². The van der Waals surface area contributed by atoms with E-state index in [1.165, 1.54) is 11.8 Å². The topological polar surface area (TPSA) is 72.3 Å². The lowest BCUT2D eigenvalue weighted by atomic mass is 10.1. The summed E-state index contributed by atoms with van der Waals surface area (Å²) in [5.74, 6) is 0.702. The Bertz CT molecular complexity index is 1270. The maximum absolute atomic E-state index is 13.6. The predicted molar refractivity (Wildman–Crippen MR) is 143 cm³/mol. The average Bonchev–Trinajstić information content (AvgIpc) is 3.32. The number of anilines is 2. The van der Waals surface area contributed by atoms with Gasteiger partial charge in [-0.15, -0.1) is 10.2 Å². The summed E-state index contributed by atoms with van der Waals surface area (Å²) in [6.07, 6.45) is 0. The number of aryl methyl sites for hydroxylation is 1. The molecule has 0 spiro atoms. The molecule has 1 aromatic heterocycles. The highest BCUT2D eigenvalue weighted by Gasteiger charge is 2.27. The Labute approximate surface area is 215 Å². The van der Waals surface area contributed by atoms with Crippen LogP contribution in [0.5, 0.6) is 0 Å². The number of thioether (sulfide) groups is 1. The number of hydrogen-bond acceptors (Lipinski definition) is 6. The summed E-state index contributed by atoms with van der Waals surface area (Å²) in [5.41, 5.74) is 3.97. The molecular formula is C28H29N5O2S. The third-order valence-corrected chi connectivity index (χ3v) is 7.29. The Kier molecular flexibility index (Phi) is 7.64. The van der Waals surface area contributed by atoms with E-state index in [2.05, 4.69) is 37.1 Å². The van der Waals surface area contributed by atoms with Gasteiger partial charge in [-0.25, -0.2) is 0 Å². The Balaban J connectivity index is 1.47. The molecule has 1 amide bonds. The van der Waals surface area contributed by atoms with Crippen LogP contribution >= 0.6 is 11.8 Å². The van der Waals surface area contributed by atoms with Gasteiger partial charge in [-0.05, 0) is 30.2 Å². The number of nitrogens with zero attached hydrogens (tertiary/aromatic N) is 4. The lowest BCUT2D eigenvalue weighted by molar-refractivity contribution is -0.115. The van der Waals surface area contributed by atoms with Crippen LogP contribution < -0.4 is 10.2 Å². The first-order valence-corrected chi connectivity index (χ1v) is 12.9. The number of ether oxygens (including phenoxy) is 1. The molecule has 4 aromatic rings. The number of rotatable bonds is 8. The Hall–Kier alpha value is -3.62. The highest BCUT2D eigenvalue weighted by Crippen LogP contribution is 2.37. The monoisotopic (exact) mass is 499 g/mol. The average molecular weight is 500 g/mol. The smallest absolute Gasteiger partial charge is 0.242 e. The largest absolute Gasteiger partial charge is 0.378 e. The summed E-state index contributed by atoms with van der Waals surface area (Å²) in [7, 11) is 0. The number of carbonyl (C=O) groups excluding carboxylic acids is 1. The maximum Gasteiger partial charge on any atom is 0.242 e. The van der Waals surface area contributed by atoms with Crippen molar-refractivity contribution in [1.29, 1.82) is 0 Å². The molecule has 2 heterocycles. The summed E-state index contributed by atoms with van der Waals surface area (Å²) < 4.78 is 7.66. The van der Waals surface area contributed by atoms with Crippen LogP contribution in [0.1, 0.15) is 21.9 Å². The van der Waals surface area contributed by atoms with Crippen molar-refractivity contribution < 1.29 is 9.53 Å². The fraction of sp³-hybridized carbons (Fsp3) is 0.250. The van der Waals surface area contributed by atoms with Crippen molar-refractivity contribution in [3.05, 3.63) is 102 Å². The fourth-order valence-corrected chi connectivity index (χ4v) is 5.15. The molecule has 0 unspecified atom stereocenters. The molecule has 1 saturated heterocycles. The lowest BCUT2D eigenvalue weighted by Gasteiger charge is -2.28. The number of aromatic nitrogens is 3. The Morgan fingerprint density at radius 2 is 1.61 bits per heavy atom. The first-order chi connectivity index (χ1) is 17.7. The van der Waals surface area contributed by atoms with E-state index in [1.807, 2.05) is 79.7 Å². The van der Waals surface area contributed by atoms with Crippen LogP contribution in [0.25, 0.3) is 0 Å². The minimum Gasteiger partial charge on any atom is -0.378 e. The third kappa shape index (κ3) is 5.78. The van der Waals surface area contributed by atoms with E-state index in [4.69, 9.17) is 4.74 Å². The molecule has 0 radical (unpaired) electrons. The standard InChI is InChI=1S/C28H29N5O2S/c1-21-12-14-24(15-13-21)29-26(34)25(23-10-6-3-7-11-23)36-28-31-30-27(32-16-18-35-19-17-32)33(28)20-22-8-4-2-5-9-22/h2-15,25H,16-20H2,1H3,(H,29,34)/t25-/m0/s1. The quantitative estimate of drug-likeness (QED) is 0.346. The molecule has 1 aliphatic rings. The van der Waals surface area contributed by atoms with Gasteiger partial charge in [0.05, 0.1) is 19.8 Å². The molecule has 1 aliphatic heterocycles. The second-order valence-electron chi connectivity index (χ2n) is 8.72. The molecule has 1 fully saturated rings. The number of morpholine rings is 1. The van der Waals surface area contributed by atoms with Gasteiger partial charge < -0.3 is 15.0 Å². The molecule has 1 N–H and O–H groups in total. The van der Waals surface area contributed by atoms with Crippen molar-refractivity contribution in [2.24, 2.45) is 0 Å². The summed E-state index contributed by atoms with van der Waals surface area (Å²) in [4.78, 5) is 15.8. The van der Waals surface area contributed by atoms with Crippen LogP contribution in [0, 0.1) is 6.92 Å². The first-order valence-electron chi connectivity index (χ1n) is 12.1. The van der Waals surface area contributed by atoms with Gasteiger partial charge in [-0.2, -0.15) is 0 Å². The normalized spacial score (nSPS) is 14.4. The SMILES string of the molecule is Cc1ccc(NC(=O)[C@@H](Sc2nnc(N3CCOCC3)n2Cc2ccccc2)c2ccccc2)cc1. The van der Waals surface area contributed by atoms with Crippen LogP contribution in [0.3, 0.4) is 0 Å². The van der Waals surface area contributed by atoms with E-state index in [1.54, 1.807) is 0 Å². The minimum atomic E-state index is -0.497. The van der Waals surface area contributed by atoms with E-state index in [9.17, 15) is 4.79 Å². The van der Waals surface area contributed by atoms with Gasteiger partial charge >= 0.3 is 0 Å². The molecule has 3 aromatic carbocycles. The van der Waals surface area contributed by atoms with Crippen molar-refractivity contribution in [3.8, 4) is 0 Å². The minimum absolute atomic E-state index is 0.0998. The van der Waals surface area contributed by atoms with Gasteiger partial charge in [0.15, 0.2) is 5.16 Å². The maximum atomic E-state index is 13.6. The van der Waals surface area contributed by atoms with Gasteiger partial charge in [-0.3, -0.25) is 9.36 Å². The zero-order valence-electron chi connectivity index (χ0n) is 20.2. The van der Waals surface area contributed by atoms with Gasteiger partial charge in [0.25, 0.3) is 0 Å². The van der Waals surface area contributed by atoms with Crippen LogP contribution in [0.4, 0.5) is 11.6 Å². The van der Waals surface area contributed by atoms with E-state index >= 15 is 0 Å². The zero-order chi connectivity index (χ0) is 24.7. The zero-order valence-corrected chi connectivity index (χ0v) is 21.0. The van der Waals surface area contributed by atoms with E-state index in [0.717, 1.165) is 41.4 Å². The number of benzene rings is 3. The van der Waals surface area contributed by atoms with E-state index in [-0.39, 0.29) is 5.91 Å². The van der Waals surface area contributed by atoms with Crippen LogP contribution in [0.15, 0.2) is 90.1 Å². The number of hydrogen-bond donors (Lipinski definition) is 1. The third-order valence-electron chi connectivity index (χ3n) is 6.06. The van der Waals surface area contributed by atoms with E-state index < -0.39 is 5.25 Å². The molecular weight excluding hydrogens is 470 g/mol. The highest BCUT2D eigenvalue weighted by atomic mass is 32.2. The second-order valence-corrected chi connectivity index (χ2v) is 9.79. The van der Waals surface area contributed by atoms with Crippen LogP contribution in [-0.2, 0) is 16.1 Å². The van der Waals surface area contributed by atoms with Gasteiger partial charge in [0, 0.05) is 18.8 Å². The van der Waals surface area contributed by atoms with E-state index in [0.29, 0.717) is 24.9 Å². The first kappa shape index (κ1) is 24.1. The molecule has 0 aliphatic carbocycles. The second kappa shape index (κ2) is 11.4. The van der Waals surface area contributed by atoms with Gasteiger partial charge in [-0.1, -0.05) is 90.1 Å².